The molecule has 1 saturated carbocycles. The lowest BCUT2D eigenvalue weighted by atomic mass is 9.92. The van der Waals surface area contributed by atoms with Crippen LogP contribution in [0.5, 0.6) is 0 Å². The average Bonchev–Trinajstić information content (AvgIpc) is 2.38. The molecule has 0 bridgehead atoms. The van der Waals surface area contributed by atoms with Gasteiger partial charge in [-0.2, -0.15) is 0 Å². The van der Waals surface area contributed by atoms with Crippen molar-refractivity contribution in [2.75, 3.05) is 0 Å². The Morgan fingerprint density at radius 1 is 1.56 bits per heavy atom. The highest BCUT2D eigenvalue weighted by Gasteiger charge is 2.55. The number of allylic oxidation sites excluding steroid dienone is 2. The van der Waals surface area contributed by atoms with E-state index < -0.39 is 0 Å². The van der Waals surface area contributed by atoms with Crippen LogP contribution in [-0.2, 0) is 0 Å². The van der Waals surface area contributed by atoms with Gasteiger partial charge in [0, 0.05) is 0 Å². The molecule has 0 aliphatic heterocycles. The summed E-state index contributed by atoms with van der Waals surface area (Å²) in [7, 11) is 0. The van der Waals surface area contributed by atoms with Crippen molar-refractivity contribution >= 4 is 0 Å². The van der Waals surface area contributed by atoms with Crippen LogP contribution in [0.25, 0.3) is 0 Å². The number of fused-ring (bicyclic) bond motifs is 1. The normalized spacial score (nSPS) is 45.9. The Morgan fingerprint density at radius 3 is 2.56 bits per heavy atom. The molecule has 0 radical (unpaired) electrons. The molecule has 0 aromatic rings. The second kappa shape index (κ2) is 1.42. The number of hydrogen-bond acceptors (Lipinski definition) is 0. The quantitative estimate of drug-likeness (QED) is 0.469. The first-order chi connectivity index (χ1) is 4.26. The second-order valence-electron chi connectivity index (χ2n) is 3.81. The summed E-state index contributed by atoms with van der Waals surface area (Å²) >= 11 is 0. The molecule has 0 heterocycles. The molecule has 2 rings (SSSR count). The van der Waals surface area contributed by atoms with E-state index in [1.165, 1.54) is 12.8 Å². The zero-order valence-electron chi connectivity index (χ0n) is 6.22. The van der Waals surface area contributed by atoms with E-state index in [4.69, 9.17) is 0 Å². The van der Waals surface area contributed by atoms with Gasteiger partial charge in [0.15, 0.2) is 0 Å². The van der Waals surface area contributed by atoms with Gasteiger partial charge < -0.3 is 0 Å². The number of rotatable bonds is 1. The highest BCUT2D eigenvalue weighted by molar-refractivity contribution is 5.23. The van der Waals surface area contributed by atoms with Gasteiger partial charge in [0.1, 0.15) is 0 Å². The van der Waals surface area contributed by atoms with Gasteiger partial charge in [-0.05, 0) is 30.1 Å². The molecular formula is C9H14. The molecule has 0 aromatic heterocycles. The molecule has 2 atom stereocenters. The Bertz CT molecular complexity index is 155. The van der Waals surface area contributed by atoms with Crippen LogP contribution < -0.4 is 0 Å². The predicted octanol–water partition coefficient (Wildman–Crippen LogP) is 2.61. The van der Waals surface area contributed by atoms with E-state index >= 15 is 0 Å². The van der Waals surface area contributed by atoms with Crippen LogP contribution in [0.4, 0.5) is 0 Å². The van der Waals surface area contributed by atoms with Gasteiger partial charge >= 0.3 is 0 Å². The second-order valence-corrected chi connectivity index (χ2v) is 3.81. The fraction of sp³-hybridized carbons (Fsp3) is 0.778. The summed E-state index contributed by atoms with van der Waals surface area (Å²) in [5.74, 6) is 1.92. The maximum atomic E-state index is 2.45. The zero-order valence-corrected chi connectivity index (χ0v) is 6.22. The van der Waals surface area contributed by atoms with Crippen LogP contribution in [0.1, 0.15) is 26.7 Å². The van der Waals surface area contributed by atoms with Crippen LogP contribution in [0.15, 0.2) is 12.2 Å². The van der Waals surface area contributed by atoms with Crippen molar-refractivity contribution in [3.05, 3.63) is 12.2 Å². The van der Waals surface area contributed by atoms with Gasteiger partial charge in [-0.25, -0.2) is 0 Å². The lowest BCUT2D eigenvalue weighted by molar-refractivity contribution is 0.422. The molecule has 2 unspecified atom stereocenters. The molecule has 0 heteroatoms. The van der Waals surface area contributed by atoms with Gasteiger partial charge in [0.05, 0.1) is 0 Å². The fourth-order valence-corrected chi connectivity index (χ4v) is 2.23. The molecule has 0 saturated heterocycles. The highest BCUT2D eigenvalue weighted by Crippen LogP contribution is 2.63. The molecule has 0 aromatic carbocycles. The van der Waals surface area contributed by atoms with E-state index in [-0.39, 0.29) is 0 Å². The summed E-state index contributed by atoms with van der Waals surface area (Å²) in [6.45, 7) is 4.69. The first-order valence-corrected chi connectivity index (χ1v) is 3.93. The monoisotopic (exact) mass is 122 g/mol. The molecule has 9 heavy (non-hydrogen) atoms. The Balaban J connectivity index is 2.19. The molecule has 0 nitrogen and oxygen atoms in total. The van der Waals surface area contributed by atoms with Crippen molar-refractivity contribution in [3.8, 4) is 0 Å². The Labute approximate surface area is 57.0 Å². The van der Waals surface area contributed by atoms with Crippen molar-refractivity contribution in [1.29, 1.82) is 0 Å². The van der Waals surface area contributed by atoms with Crippen LogP contribution >= 0.6 is 0 Å². The van der Waals surface area contributed by atoms with Crippen molar-refractivity contribution in [1.82, 2.24) is 0 Å². The van der Waals surface area contributed by atoms with Crippen molar-refractivity contribution in [2.45, 2.75) is 26.7 Å². The van der Waals surface area contributed by atoms with Crippen LogP contribution in [0.2, 0.25) is 0 Å². The SMILES string of the molecule is CC(C)C12C=CCC1C2. The van der Waals surface area contributed by atoms with Gasteiger partial charge in [0.25, 0.3) is 0 Å². The van der Waals surface area contributed by atoms with Crippen molar-refractivity contribution < 1.29 is 0 Å². The summed E-state index contributed by atoms with van der Waals surface area (Å²) in [6, 6.07) is 0. The predicted molar refractivity (Wildman–Crippen MR) is 39.1 cm³/mol. The standard InChI is InChI=1S/C9H14/c1-7(2)9-5-3-4-8(9)6-9/h3,5,7-8H,4,6H2,1-2H3. The fourth-order valence-electron chi connectivity index (χ4n) is 2.23. The minimum absolute atomic E-state index is 0.681. The van der Waals surface area contributed by atoms with E-state index in [0.717, 1.165) is 11.8 Å². The van der Waals surface area contributed by atoms with Crippen molar-refractivity contribution in [3.63, 3.8) is 0 Å². The zero-order chi connectivity index (χ0) is 6.48. The third kappa shape index (κ3) is 0.540. The summed E-state index contributed by atoms with van der Waals surface area (Å²) in [5.41, 5.74) is 0.681. The van der Waals surface area contributed by atoms with E-state index in [1.54, 1.807) is 0 Å². The Hall–Kier alpha value is -0.260. The van der Waals surface area contributed by atoms with E-state index in [9.17, 15) is 0 Å². The molecule has 0 N–H and O–H groups in total. The first kappa shape index (κ1) is 5.52. The Morgan fingerprint density at radius 2 is 2.33 bits per heavy atom. The Kier molecular flexibility index (Phi) is 0.870. The maximum Gasteiger partial charge on any atom is -0.00607 e. The first-order valence-electron chi connectivity index (χ1n) is 3.93. The van der Waals surface area contributed by atoms with Gasteiger partial charge in [0.2, 0.25) is 0 Å². The van der Waals surface area contributed by atoms with Gasteiger partial charge in [-0.15, -0.1) is 0 Å². The lowest BCUT2D eigenvalue weighted by Crippen LogP contribution is -2.05. The minimum atomic E-state index is 0.681. The van der Waals surface area contributed by atoms with E-state index in [2.05, 4.69) is 26.0 Å². The summed E-state index contributed by atoms with van der Waals surface area (Å²) in [5, 5.41) is 0. The molecule has 0 amide bonds. The maximum absolute atomic E-state index is 2.45. The smallest absolute Gasteiger partial charge is 0.00607 e. The minimum Gasteiger partial charge on any atom is -0.0877 e. The average molecular weight is 122 g/mol. The van der Waals surface area contributed by atoms with Crippen LogP contribution in [0.3, 0.4) is 0 Å². The van der Waals surface area contributed by atoms with Crippen LogP contribution in [-0.4, -0.2) is 0 Å². The molecular weight excluding hydrogens is 108 g/mol. The molecule has 2 aliphatic rings. The topological polar surface area (TPSA) is 0 Å². The van der Waals surface area contributed by atoms with Crippen molar-refractivity contribution in [2.24, 2.45) is 17.3 Å². The molecule has 1 fully saturated rings. The summed E-state index contributed by atoms with van der Waals surface area (Å²) < 4.78 is 0. The summed E-state index contributed by atoms with van der Waals surface area (Å²) in [4.78, 5) is 0. The third-order valence-electron chi connectivity index (χ3n) is 3.12. The molecule has 50 valence electrons. The van der Waals surface area contributed by atoms with E-state index in [1.807, 2.05) is 0 Å². The van der Waals surface area contributed by atoms with Gasteiger partial charge in [-0.1, -0.05) is 26.0 Å². The van der Waals surface area contributed by atoms with Gasteiger partial charge in [-0.3, -0.25) is 0 Å². The summed E-state index contributed by atoms with van der Waals surface area (Å²) in [6.07, 6.45) is 7.63. The van der Waals surface area contributed by atoms with Crippen LogP contribution in [0, 0.1) is 17.3 Å². The molecule has 0 spiro atoms. The highest BCUT2D eigenvalue weighted by atomic mass is 14.6. The largest absolute Gasteiger partial charge is 0.0877 e. The third-order valence-corrected chi connectivity index (χ3v) is 3.12. The number of hydrogen-bond donors (Lipinski definition) is 0. The lowest BCUT2D eigenvalue weighted by Gasteiger charge is -2.12. The molecule has 2 aliphatic carbocycles. The van der Waals surface area contributed by atoms with E-state index in [0.29, 0.717) is 5.41 Å².